The molecule has 0 radical (unpaired) electrons. The number of halogens is 2. The maximum atomic E-state index is 13.7. The lowest BCUT2D eigenvalue weighted by Crippen LogP contribution is -2.42. The third kappa shape index (κ3) is 3.61. The van der Waals surface area contributed by atoms with Crippen LogP contribution in [-0.4, -0.2) is 48.6 Å². The van der Waals surface area contributed by atoms with Gasteiger partial charge in [-0.1, -0.05) is 11.6 Å². The minimum atomic E-state index is -0.523. The second kappa shape index (κ2) is 6.41. The van der Waals surface area contributed by atoms with Crippen molar-refractivity contribution >= 4 is 23.3 Å². The molecule has 1 heterocycles. The quantitative estimate of drug-likeness (QED) is 0.865. The Morgan fingerprint density at radius 3 is 2.85 bits per heavy atom. The van der Waals surface area contributed by atoms with Crippen LogP contribution in [0.4, 0.5) is 14.9 Å². The average molecular weight is 300 g/mol. The normalized spacial score (nSPS) is 20.6. The molecule has 4 nitrogen and oxygen atoms in total. The van der Waals surface area contributed by atoms with Crippen molar-refractivity contribution in [1.29, 1.82) is 0 Å². The van der Waals surface area contributed by atoms with Gasteiger partial charge in [-0.05, 0) is 45.1 Å². The number of nitrogens with zero attached hydrogens (tertiary/aromatic N) is 2. The molecule has 2 amide bonds. The maximum absolute atomic E-state index is 13.7. The predicted octanol–water partition coefficient (Wildman–Crippen LogP) is 3.04. The van der Waals surface area contributed by atoms with Gasteiger partial charge in [-0.2, -0.15) is 0 Å². The Bertz CT molecular complexity index is 497. The van der Waals surface area contributed by atoms with E-state index in [1.807, 2.05) is 14.0 Å². The summed E-state index contributed by atoms with van der Waals surface area (Å²) in [5, 5.41) is 2.93. The lowest BCUT2D eigenvalue weighted by Gasteiger charge is -2.27. The molecule has 1 saturated heterocycles. The minimum Gasteiger partial charge on any atom is -0.320 e. The van der Waals surface area contributed by atoms with Crippen LogP contribution in [0.5, 0.6) is 0 Å². The fourth-order valence-corrected chi connectivity index (χ4v) is 2.41. The zero-order valence-electron chi connectivity index (χ0n) is 11.7. The van der Waals surface area contributed by atoms with E-state index in [0.717, 1.165) is 19.5 Å². The smallest absolute Gasteiger partial charge is 0.320 e. The standard InChI is InChI=1S/C14H19ClFN3O/c1-10-5-6-18(2)7-8-19(10)14(20)17-13-4-3-11(15)9-12(13)16/h3-4,9-10H,5-8H2,1-2H3,(H,17,20)/t10-/m0/s1. The monoisotopic (exact) mass is 299 g/mol. The van der Waals surface area contributed by atoms with E-state index >= 15 is 0 Å². The number of nitrogens with one attached hydrogen (secondary N) is 1. The molecule has 1 aromatic carbocycles. The van der Waals surface area contributed by atoms with Gasteiger partial charge in [0, 0.05) is 24.2 Å². The van der Waals surface area contributed by atoms with Gasteiger partial charge in [-0.15, -0.1) is 0 Å². The number of carbonyl (C=O) groups excluding carboxylic acids is 1. The van der Waals surface area contributed by atoms with Gasteiger partial charge in [0.25, 0.3) is 0 Å². The predicted molar refractivity (Wildman–Crippen MR) is 78.7 cm³/mol. The van der Waals surface area contributed by atoms with Crippen molar-refractivity contribution in [3.05, 3.63) is 29.0 Å². The molecule has 0 bridgehead atoms. The maximum Gasteiger partial charge on any atom is 0.322 e. The highest BCUT2D eigenvalue weighted by Gasteiger charge is 2.24. The van der Waals surface area contributed by atoms with E-state index in [4.69, 9.17) is 11.6 Å². The Morgan fingerprint density at radius 1 is 1.40 bits per heavy atom. The zero-order chi connectivity index (χ0) is 14.7. The van der Waals surface area contributed by atoms with Crippen LogP contribution < -0.4 is 5.32 Å². The Morgan fingerprint density at radius 2 is 2.15 bits per heavy atom. The molecule has 1 aliphatic rings. The summed E-state index contributed by atoms with van der Waals surface area (Å²) in [7, 11) is 2.03. The molecule has 0 aromatic heterocycles. The van der Waals surface area contributed by atoms with Crippen molar-refractivity contribution in [2.24, 2.45) is 0 Å². The molecule has 1 aromatic rings. The van der Waals surface area contributed by atoms with Gasteiger partial charge < -0.3 is 15.1 Å². The molecular weight excluding hydrogens is 281 g/mol. The van der Waals surface area contributed by atoms with Gasteiger partial charge in [-0.3, -0.25) is 0 Å². The van der Waals surface area contributed by atoms with Crippen molar-refractivity contribution < 1.29 is 9.18 Å². The molecule has 0 saturated carbocycles. The Labute approximate surface area is 123 Å². The Hall–Kier alpha value is -1.33. The lowest BCUT2D eigenvalue weighted by atomic mass is 10.2. The van der Waals surface area contributed by atoms with Crippen LogP contribution in [0.15, 0.2) is 18.2 Å². The van der Waals surface area contributed by atoms with Gasteiger partial charge in [0.15, 0.2) is 0 Å². The summed E-state index contributed by atoms with van der Waals surface area (Å²) in [5.74, 6) is -0.523. The van der Waals surface area contributed by atoms with Crippen LogP contribution in [0.1, 0.15) is 13.3 Å². The number of anilines is 1. The van der Waals surface area contributed by atoms with Crippen LogP contribution in [0.3, 0.4) is 0 Å². The van der Waals surface area contributed by atoms with Crippen LogP contribution in [-0.2, 0) is 0 Å². The molecule has 1 fully saturated rings. The van der Waals surface area contributed by atoms with E-state index in [-0.39, 0.29) is 17.8 Å². The molecule has 1 N–H and O–H groups in total. The fraction of sp³-hybridized carbons (Fsp3) is 0.500. The molecule has 110 valence electrons. The highest BCUT2D eigenvalue weighted by Crippen LogP contribution is 2.20. The zero-order valence-corrected chi connectivity index (χ0v) is 12.5. The summed E-state index contributed by atoms with van der Waals surface area (Å²) in [6.07, 6.45) is 0.910. The van der Waals surface area contributed by atoms with Gasteiger partial charge in [0.1, 0.15) is 5.82 Å². The first-order valence-corrected chi connectivity index (χ1v) is 7.06. The van der Waals surface area contributed by atoms with Crippen molar-refractivity contribution in [1.82, 2.24) is 9.80 Å². The first kappa shape index (κ1) is 15.1. The van der Waals surface area contributed by atoms with E-state index in [0.29, 0.717) is 11.6 Å². The molecule has 20 heavy (non-hydrogen) atoms. The summed E-state index contributed by atoms with van der Waals surface area (Å²) in [6, 6.07) is 4.09. The van der Waals surface area contributed by atoms with Gasteiger partial charge in [-0.25, -0.2) is 9.18 Å². The number of likely N-dealkylation sites (N-methyl/N-ethyl adjacent to an activating group) is 1. The summed E-state index contributed by atoms with van der Waals surface area (Å²) < 4.78 is 13.7. The van der Waals surface area contributed by atoms with Crippen molar-refractivity contribution in [3.8, 4) is 0 Å². The highest BCUT2D eigenvalue weighted by atomic mass is 35.5. The van der Waals surface area contributed by atoms with Crippen molar-refractivity contribution in [2.75, 3.05) is 32.0 Å². The van der Waals surface area contributed by atoms with Gasteiger partial charge >= 0.3 is 6.03 Å². The Balaban J connectivity index is 2.06. The number of amides is 2. The molecule has 1 aliphatic heterocycles. The molecule has 0 unspecified atom stereocenters. The number of rotatable bonds is 1. The third-order valence-electron chi connectivity index (χ3n) is 3.62. The number of hydrogen-bond acceptors (Lipinski definition) is 2. The van der Waals surface area contributed by atoms with E-state index in [1.54, 1.807) is 11.0 Å². The molecule has 1 atom stereocenters. The second-order valence-corrected chi connectivity index (χ2v) is 5.63. The third-order valence-corrected chi connectivity index (χ3v) is 3.85. The van der Waals surface area contributed by atoms with Gasteiger partial charge in [0.05, 0.1) is 5.69 Å². The molecule has 0 spiro atoms. The van der Waals surface area contributed by atoms with Crippen molar-refractivity contribution in [3.63, 3.8) is 0 Å². The summed E-state index contributed by atoms with van der Waals surface area (Å²) >= 11 is 5.69. The largest absolute Gasteiger partial charge is 0.322 e. The lowest BCUT2D eigenvalue weighted by molar-refractivity contribution is 0.195. The van der Waals surface area contributed by atoms with Crippen LogP contribution >= 0.6 is 11.6 Å². The van der Waals surface area contributed by atoms with Crippen LogP contribution in [0, 0.1) is 5.82 Å². The van der Waals surface area contributed by atoms with Gasteiger partial charge in [0.2, 0.25) is 0 Å². The number of urea groups is 1. The molecule has 2 rings (SSSR count). The number of carbonyl (C=O) groups is 1. The van der Waals surface area contributed by atoms with E-state index < -0.39 is 5.82 Å². The topological polar surface area (TPSA) is 35.6 Å². The first-order chi connectivity index (χ1) is 9.47. The number of hydrogen-bond donors (Lipinski definition) is 1. The van der Waals surface area contributed by atoms with E-state index in [1.165, 1.54) is 12.1 Å². The Kier molecular flexibility index (Phi) is 4.83. The van der Waals surface area contributed by atoms with Crippen LogP contribution in [0.25, 0.3) is 0 Å². The molecule has 0 aliphatic carbocycles. The first-order valence-electron chi connectivity index (χ1n) is 6.68. The molecular formula is C14H19ClFN3O. The summed E-state index contributed by atoms with van der Waals surface area (Å²) in [5.41, 5.74) is 0.157. The molecule has 6 heteroatoms. The second-order valence-electron chi connectivity index (χ2n) is 5.19. The minimum absolute atomic E-state index is 0.135. The fourth-order valence-electron chi connectivity index (χ4n) is 2.25. The van der Waals surface area contributed by atoms with E-state index in [2.05, 4.69) is 10.2 Å². The van der Waals surface area contributed by atoms with E-state index in [9.17, 15) is 9.18 Å². The van der Waals surface area contributed by atoms with Crippen LogP contribution in [0.2, 0.25) is 5.02 Å². The average Bonchev–Trinajstić information content (AvgIpc) is 2.55. The SMILES string of the molecule is C[C@H]1CCN(C)CCN1C(=O)Nc1ccc(Cl)cc1F. The van der Waals surface area contributed by atoms with Crippen molar-refractivity contribution in [2.45, 2.75) is 19.4 Å². The summed E-state index contributed by atoms with van der Waals surface area (Å²) in [6.45, 7) is 4.43. The summed E-state index contributed by atoms with van der Waals surface area (Å²) in [4.78, 5) is 16.2. The highest BCUT2D eigenvalue weighted by molar-refractivity contribution is 6.30. The number of benzene rings is 1.